The molecule has 0 aromatic heterocycles. The molecule has 0 heteroatoms. The SMILES string of the molecule is CCCc1ccccc1CCC/C(=C(\C)C(C)C)c1ccccc1. The molecule has 0 aliphatic heterocycles. The van der Waals surface area contributed by atoms with Crippen LogP contribution in [-0.4, -0.2) is 0 Å². The molecule has 0 N–H and O–H groups in total. The van der Waals surface area contributed by atoms with Gasteiger partial charge in [-0.3, -0.25) is 0 Å². The Kier molecular flexibility index (Phi) is 7.31. The summed E-state index contributed by atoms with van der Waals surface area (Å²) in [6, 6.07) is 19.9. The highest BCUT2D eigenvalue weighted by Gasteiger charge is 2.09. The summed E-state index contributed by atoms with van der Waals surface area (Å²) in [7, 11) is 0. The van der Waals surface area contributed by atoms with Crippen LogP contribution in [0.4, 0.5) is 0 Å². The van der Waals surface area contributed by atoms with E-state index in [1.165, 1.54) is 47.9 Å². The molecule has 0 spiro atoms. The summed E-state index contributed by atoms with van der Waals surface area (Å²) in [6.45, 7) is 9.17. The smallest absolute Gasteiger partial charge is 0.0225 e. The topological polar surface area (TPSA) is 0 Å². The molecule has 2 aromatic rings. The van der Waals surface area contributed by atoms with Crippen LogP contribution in [0.1, 0.15) is 63.6 Å². The van der Waals surface area contributed by atoms with E-state index < -0.39 is 0 Å². The molecule has 2 rings (SSSR count). The van der Waals surface area contributed by atoms with Crippen LogP contribution in [0.15, 0.2) is 60.2 Å². The molecule has 0 saturated carbocycles. The van der Waals surface area contributed by atoms with Crippen molar-refractivity contribution < 1.29 is 0 Å². The van der Waals surface area contributed by atoms with Crippen molar-refractivity contribution in [3.63, 3.8) is 0 Å². The van der Waals surface area contributed by atoms with Gasteiger partial charge < -0.3 is 0 Å². The zero-order chi connectivity index (χ0) is 17.4. The minimum absolute atomic E-state index is 0.604. The van der Waals surface area contributed by atoms with Gasteiger partial charge in [0.05, 0.1) is 0 Å². The van der Waals surface area contributed by atoms with Crippen LogP contribution in [0.2, 0.25) is 0 Å². The van der Waals surface area contributed by atoms with Crippen molar-refractivity contribution >= 4 is 5.57 Å². The molecule has 0 radical (unpaired) electrons. The quantitative estimate of drug-likeness (QED) is 0.487. The Bertz CT molecular complexity index is 647. The first-order valence-corrected chi connectivity index (χ1v) is 9.45. The molecule has 0 fully saturated rings. The molecule has 24 heavy (non-hydrogen) atoms. The van der Waals surface area contributed by atoms with Crippen molar-refractivity contribution in [1.29, 1.82) is 0 Å². The van der Waals surface area contributed by atoms with Gasteiger partial charge in [-0.05, 0) is 60.8 Å². The predicted octanol–water partition coefficient (Wildman–Crippen LogP) is 7.09. The first kappa shape index (κ1) is 18.5. The van der Waals surface area contributed by atoms with E-state index >= 15 is 0 Å². The van der Waals surface area contributed by atoms with Crippen LogP contribution in [0.5, 0.6) is 0 Å². The Hall–Kier alpha value is -1.82. The molecule has 0 unspecified atom stereocenters. The van der Waals surface area contributed by atoms with E-state index in [1.54, 1.807) is 5.57 Å². The fourth-order valence-electron chi connectivity index (χ4n) is 3.33. The molecular weight excluding hydrogens is 288 g/mol. The van der Waals surface area contributed by atoms with Gasteiger partial charge in [-0.2, -0.15) is 0 Å². The molecule has 2 aromatic carbocycles. The lowest BCUT2D eigenvalue weighted by molar-refractivity contribution is 0.756. The highest BCUT2D eigenvalue weighted by molar-refractivity contribution is 5.68. The second-order valence-corrected chi connectivity index (χ2v) is 7.05. The normalized spacial score (nSPS) is 12.4. The molecule has 0 saturated heterocycles. The fraction of sp³-hybridized carbons (Fsp3) is 0.417. The van der Waals surface area contributed by atoms with Crippen molar-refractivity contribution in [2.75, 3.05) is 0 Å². The lowest BCUT2D eigenvalue weighted by Crippen LogP contribution is -1.99. The van der Waals surface area contributed by atoms with E-state index in [4.69, 9.17) is 0 Å². The minimum atomic E-state index is 0.604. The van der Waals surface area contributed by atoms with Crippen LogP contribution in [0.3, 0.4) is 0 Å². The van der Waals surface area contributed by atoms with Crippen molar-refractivity contribution in [1.82, 2.24) is 0 Å². The molecular formula is C24H32. The maximum Gasteiger partial charge on any atom is -0.0225 e. The van der Waals surface area contributed by atoms with Gasteiger partial charge in [-0.15, -0.1) is 0 Å². The van der Waals surface area contributed by atoms with Crippen molar-refractivity contribution in [2.45, 2.75) is 59.8 Å². The summed E-state index contributed by atoms with van der Waals surface area (Å²) in [4.78, 5) is 0. The lowest BCUT2D eigenvalue weighted by atomic mass is 9.89. The van der Waals surface area contributed by atoms with Crippen LogP contribution >= 0.6 is 0 Å². The van der Waals surface area contributed by atoms with Gasteiger partial charge in [-0.1, -0.05) is 87.4 Å². The summed E-state index contributed by atoms with van der Waals surface area (Å²) in [6.07, 6.45) is 5.97. The minimum Gasteiger partial charge on any atom is -0.0670 e. The van der Waals surface area contributed by atoms with Crippen molar-refractivity contribution in [3.8, 4) is 0 Å². The van der Waals surface area contributed by atoms with Crippen LogP contribution in [0, 0.1) is 5.92 Å². The second-order valence-electron chi connectivity index (χ2n) is 7.05. The number of allylic oxidation sites excluding steroid dienone is 2. The molecule has 0 nitrogen and oxygen atoms in total. The van der Waals surface area contributed by atoms with Crippen molar-refractivity contribution in [2.24, 2.45) is 5.92 Å². The third kappa shape index (κ3) is 5.09. The highest BCUT2D eigenvalue weighted by Crippen LogP contribution is 2.28. The first-order chi connectivity index (χ1) is 11.6. The third-order valence-electron chi connectivity index (χ3n) is 4.97. The largest absolute Gasteiger partial charge is 0.0670 e. The number of aryl methyl sites for hydroxylation is 2. The van der Waals surface area contributed by atoms with E-state index in [2.05, 4.69) is 82.3 Å². The summed E-state index contributed by atoms with van der Waals surface area (Å²) >= 11 is 0. The van der Waals surface area contributed by atoms with Gasteiger partial charge in [0.2, 0.25) is 0 Å². The Balaban J connectivity index is 2.11. The number of hydrogen-bond acceptors (Lipinski definition) is 0. The summed E-state index contributed by atoms with van der Waals surface area (Å²) in [5, 5.41) is 0. The Morgan fingerprint density at radius 3 is 2.00 bits per heavy atom. The second kappa shape index (κ2) is 9.47. The van der Waals surface area contributed by atoms with Gasteiger partial charge in [0.25, 0.3) is 0 Å². The van der Waals surface area contributed by atoms with E-state index in [-0.39, 0.29) is 0 Å². The highest BCUT2D eigenvalue weighted by atomic mass is 14.1. The van der Waals surface area contributed by atoms with E-state index in [0.29, 0.717) is 5.92 Å². The van der Waals surface area contributed by atoms with Crippen LogP contribution in [-0.2, 0) is 12.8 Å². The molecule has 0 heterocycles. The van der Waals surface area contributed by atoms with E-state index in [1.807, 2.05) is 0 Å². The molecule has 0 amide bonds. The summed E-state index contributed by atoms with van der Waals surface area (Å²) in [5.74, 6) is 0.604. The standard InChI is InChI=1S/C24H32/c1-5-12-21-13-9-10-14-22(21)17-11-18-24(20(4)19(2)3)23-15-7-6-8-16-23/h6-10,13-16,19H,5,11-12,17-18H2,1-4H3/b24-20-. The average Bonchev–Trinajstić information content (AvgIpc) is 2.60. The third-order valence-corrected chi connectivity index (χ3v) is 4.97. The van der Waals surface area contributed by atoms with Crippen molar-refractivity contribution in [3.05, 3.63) is 76.9 Å². The maximum atomic E-state index is 2.31. The molecule has 128 valence electrons. The zero-order valence-electron chi connectivity index (χ0n) is 15.8. The molecule has 0 aliphatic rings. The Labute approximate surface area is 148 Å². The van der Waals surface area contributed by atoms with Crippen LogP contribution in [0.25, 0.3) is 5.57 Å². The zero-order valence-corrected chi connectivity index (χ0v) is 15.8. The number of hydrogen-bond donors (Lipinski definition) is 0. The van der Waals surface area contributed by atoms with Gasteiger partial charge in [0.15, 0.2) is 0 Å². The number of rotatable bonds is 8. The summed E-state index contributed by atoms with van der Waals surface area (Å²) < 4.78 is 0. The molecule has 0 atom stereocenters. The van der Waals surface area contributed by atoms with Crippen LogP contribution < -0.4 is 0 Å². The average molecular weight is 321 g/mol. The fourth-order valence-corrected chi connectivity index (χ4v) is 3.33. The van der Waals surface area contributed by atoms with Gasteiger partial charge in [0, 0.05) is 0 Å². The van der Waals surface area contributed by atoms with Gasteiger partial charge in [-0.25, -0.2) is 0 Å². The predicted molar refractivity (Wildman–Crippen MR) is 107 cm³/mol. The molecule has 0 bridgehead atoms. The Morgan fingerprint density at radius 2 is 1.42 bits per heavy atom. The molecule has 0 aliphatic carbocycles. The van der Waals surface area contributed by atoms with E-state index in [0.717, 1.165) is 6.42 Å². The van der Waals surface area contributed by atoms with E-state index in [9.17, 15) is 0 Å². The van der Waals surface area contributed by atoms with Gasteiger partial charge in [0.1, 0.15) is 0 Å². The van der Waals surface area contributed by atoms with Gasteiger partial charge >= 0.3 is 0 Å². The summed E-state index contributed by atoms with van der Waals surface area (Å²) in [5.41, 5.74) is 7.53. The maximum absolute atomic E-state index is 2.31. The Morgan fingerprint density at radius 1 is 0.833 bits per heavy atom. The lowest BCUT2D eigenvalue weighted by Gasteiger charge is -2.16. The monoisotopic (exact) mass is 320 g/mol. The number of benzene rings is 2. The first-order valence-electron chi connectivity index (χ1n) is 9.45.